The normalized spacial score (nSPS) is 18.9. The lowest BCUT2D eigenvalue weighted by molar-refractivity contribution is -0.117. The summed E-state index contributed by atoms with van der Waals surface area (Å²) >= 11 is 7.34. The summed E-state index contributed by atoms with van der Waals surface area (Å²) in [6.45, 7) is 0.745. The van der Waals surface area contributed by atoms with Crippen LogP contribution < -0.4 is 5.32 Å². The van der Waals surface area contributed by atoms with Crippen LogP contribution in [0.1, 0.15) is 6.42 Å². The van der Waals surface area contributed by atoms with Crippen molar-refractivity contribution in [2.45, 2.75) is 6.42 Å². The minimum absolute atomic E-state index is 0.0120. The zero-order valence-corrected chi connectivity index (χ0v) is 11.0. The maximum atomic E-state index is 12.0. The smallest absolute Gasteiger partial charge is 0.234 e. The number of rotatable bonds is 2. The maximum Gasteiger partial charge on any atom is 0.234 e. The highest BCUT2D eigenvalue weighted by Gasteiger charge is 2.27. The molecule has 1 N–H and O–H groups in total. The van der Waals surface area contributed by atoms with Crippen LogP contribution in [0.3, 0.4) is 0 Å². The van der Waals surface area contributed by atoms with E-state index in [4.69, 9.17) is 11.6 Å². The first-order valence-corrected chi connectivity index (χ1v) is 6.95. The van der Waals surface area contributed by atoms with Crippen molar-refractivity contribution < 1.29 is 4.79 Å². The third-order valence-electron chi connectivity index (χ3n) is 2.62. The van der Waals surface area contributed by atoms with E-state index in [0.717, 1.165) is 23.7 Å². The van der Waals surface area contributed by atoms with E-state index in [1.54, 1.807) is 36.0 Å². The van der Waals surface area contributed by atoms with Crippen molar-refractivity contribution >= 4 is 40.0 Å². The van der Waals surface area contributed by atoms with Crippen LogP contribution in [-0.4, -0.2) is 23.8 Å². The molecule has 2 rings (SSSR count). The van der Waals surface area contributed by atoms with Gasteiger partial charge >= 0.3 is 0 Å². The molecule has 90 valence electrons. The Balaban J connectivity index is 2.02. The van der Waals surface area contributed by atoms with Gasteiger partial charge in [-0.3, -0.25) is 9.79 Å². The fraction of sp³-hybridized carbons (Fsp3) is 0.333. The Kier molecular flexibility index (Phi) is 4.07. The predicted octanol–water partition coefficient (Wildman–Crippen LogP) is 3.06. The van der Waals surface area contributed by atoms with Gasteiger partial charge in [-0.25, -0.2) is 0 Å². The summed E-state index contributed by atoms with van der Waals surface area (Å²) in [6.07, 6.45) is 2.75. The second-order valence-electron chi connectivity index (χ2n) is 3.76. The number of anilines is 1. The van der Waals surface area contributed by atoms with E-state index in [2.05, 4.69) is 10.3 Å². The monoisotopic (exact) mass is 268 g/mol. The zero-order chi connectivity index (χ0) is 12.3. The van der Waals surface area contributed by atoms with E-state index in [9.17, 15) is 4.79 Å². The van der Waals surface area contributed by atoms with Crippen molar-refractivity contribution in [2.75, 3.05) is 18.1 Å². The Hall–Kier alpha value is -1.00. The highest BCUT2D eigenvalue weighted by Crippen LogP contribution is 2.23. The van der Waals surface area contributed by atoms with E-state index in [0.29, 0.717) is 5.02 Å². The SMILES string of the molecule is CSC1=NCC[C@@H]1C(=O)Nc1ccc(Cl)cc1. The number of nitrogens with one attached hydrogen (secondary N) is 1. The highest BCUT2D eigenvalue weighted by atomic mass is 35.5. The fourth-order valence-corrected chi connectivity index (χ4v) is 2.61. The standard InChI is InChI=1S/C12H13ClN2OS/c1-17-12-10(6-7-14-12)11(16)15-9-4-2-8(13)3-5-9/h2-5,10H,6-7H2,1H3,(H,15,16)/t10-/m1/s1. The molecule has 0 bridgehead atoms. The summed E-state index contributed by atoms with van der Waals surface area (Å²) in [5.74, 6) is -0.0846. The van der Waals surface area contributed by atoms with E-state index in [1.807, 2.05) is 6.26 Å². The summed E-state index contributed by atoms with van der Waals surface area (Å²) in [7, 11) is 0. The Morgan fingerprint density at radius 2 is 2.18 bits per heavy atom. The lowest BCUT2D eigenvalue weighted by Crippen LogP contribution is -2.25. The fourth-order valence-electron chi connectivity index (χ4n) is 1.75. The van der Waals surface area contributed by atoms with Gasteiger partial charge in [-0.15, -0.1) is 11.8 Å². The lowest BCUT2D eigenvalue weighted by atomic mass is 10.1. The Morgan fingerprint density at radius 3 is 2.82 bits per heavy atom. The molecule has 1 atom stereocenters. The summed E-state index contributed by atoms with van der Waals surface area (Å²) in [4.78, 5) is 16.3. The summed E-state index contributed by atoms with van der Waals surface area (Å²) in [6, 6.07) is 7.11. The molecule has 0 radical (unpaired) electrons. The van der Waals surface area contributed by atoms with Crippen LogP contribution in [0, 0.1) is 5.92 Å². The molecule has 3 nitrogen and oxygen atoms in total. The van der Waals surface area contributed by atoms with Crippen molar-refractivity contribution in [2.24, 2.45) is 10.9 Å². The molecule has 0 unspecified atom stereocenters. The molecule has 1 aromatic rings. The maximum absolute atomic E-state index is 12.0. The molecular formula is C12H13ClN2OS. The number of benzene rings is 1. The molecule has 0 spiro atoms. The molecule has 17 heavy (non-hydrogen) atoms. The van der Waals surface area contributed by atoms with E-state index in [1.165, 1.54) is 0 Å². The van der Waals surface area contributed by atoms with Crippen LogP contribution in [0.4, 0.5) is 5.69 Å². The molecule has 0 fully saturated rings. The van der Waals surface area contributed by atoms with Crippen LogP contribution in [-0.2, 0) is 4.79 Å². The quantitative estimate of drug-likeness (QED) is 0.896. The van der Waals surface area contributed by atoms with Gasteiger partial charge in [0.1, 0.15) is 0 Å². The minimum Gasteiger partial charge on any atom is -0.325 e. The largest absolute Gasteiger partial charge is 0.325 e. The lowest BCUT2D eigenvalue weighted by Gasteiger charge is -2.11. The Bertz CT molecular complexity index is 444. The average Bonchev–Trinajstić information content (AvgIpc) is 2.80. The van der Waals surface area contributed by atoms with Crippen molar-refractivity contribution in [3.8, 4) is 0 Å². The zero-order valence-electron chi connectivity index (χ0n) is 9.44. The van der Waals surface area contributed by atoms with Gasteiger partial charge in [0.2, 0.25) is 5.91 Å². The molecule has 0 saturated heterocycles. The number of carbonyl (C=O) groups is 1. The second kappa shape index (κ2) is 5.56. The van der Waals surface area contributed by atoms with Crippen molar-refractivity contribution in [1.82, 2.24) is 0 Å². The van der Waals surface area contributed by atoms with E-state index >= 15 is 0 Å². The average molecular weight is 269 g/mol. The topological polar surface area (TPSA) is 41.5 Å². The van der Waals surface area contributed by atoms with Crippen LogP contribution in [0.25, 0.3) is 0 Å². The van der Waals surface area contributed by atoms with Crippen LogP contribution in [0.15, 0.2) is 29.3 Å². The summed E-state index contributed by atoms with van der Waals surface area (Å²) in [5.41, 5.74) is 0.770. The number of amides is 1. The third kappa shape index (κ3) is 3.01. The predicted molar refractivity (Wildman–Crippen MR) is 74.0 cm³/mol. The van der Waals surface area contributed by atoms with Crippen molar-refractivity contribution in [3.05, 3.63) is 29.3 Å². The van der Waals surface area contributed by atoms with Crippen LogP contribution >= 0.6 is 23.4 Å². The second-order valence-corrected chi connectivity index (χ2v) is 5.02. The number of hydrogen-bond acceptors (Lipinski definition) is 3. The van der Waals surface area contributed by atoms with Gasteiger partial charge in [0.25, 0.3) is 0 Å². The minimum atomic E-state index is -0.0966. The highest BCUT2D eigenvalue weighted by molar-refractivity contribution is 8.13. The van der Waals surface area contributed by atoms with Gasteiger partial charge < -0.3 is 5.32 Å². The number of thioether (sulfide) groups is 1. The van der Waals surface area contributed by atoms with Gasteiger partial charge in [-0.05, 0) is 36.9 Å². The molecule has 1 heterocycles. The first-order chi connectivity index (χ1) is 8.20. The number of halogens is 1. The molecule has 1 aliphatic rings. The molecule has 1 aromatic carbocycles. The number of aliphatic imine (C=N–C) groups is 1. The first kappa shape index (κ1) is 12.5. The van der Waals surface area contributed by atoms with Gasteiger partial charge in [-0.1, -0.05) is 11.6 Å². The Morgan fingerprint density at radius 1 is 1.47 bits per heavy atom. The summed E-state index contributed by atoms with van der Waals surface area (Å²) in [5, 5.41) is 4.47. The Labute approximate surface area is 110 Å². The number of carbonyl (C=O) groups excluding carboxylic acids is 1. The van der Waals surface area contributed by atoms with Crippen LogP contribution in [0.5, 0.6) is 0 Å². The van der Waals surface area contributed by atoms with E-state index < -0.39 is 0 Å². The number of hydrogen-bond donors (Lipinski definition) is 1. The molecular weight excluding hydrogens is 256 g/mol. The molecule has 5 heteroatoms. The molecule has 0 saturated carbocycles. The van der Waals surface area contributed by atoms with Crippen LogP contribution in [0.2, 0.25) is 5.02 Å². The third-order valence-corrected chi connectivity index (χ3v) is 3.70. The first-order valence-electron chi connectivity index (χ1n) is 5.35. The molecule has 1 aliphatic heterocycles. The number of nitrogens with zero attached hydrogens (tertiary/aromatic N) is 1. The van der Waals surface area contributed by atoms with Crippen molar-refractivity contribution in [1.29, 1.82) is 0 Å². The summed E-state index contributed by atoms with van der Waals surface area (Å²) < 4.78 is 0. The van der Waals surface area contributed by atoms with Gasteiger partial charge in [0.15, 0.2) is 0 Å². The van der Waals surface area contributed by atoms with Gasteiger partial charge in [0.05, 0.1) is 11.0 Å². The molecule has 0 aliphatic carbocycles. The molecule has 0 aromatic heterocycles. The van der Waals surface area contributed by atoms with Gasteiger partial charge in [-0.2, -0.15) is 0 Å². The van der Waals surface area contributed by atoms with Gasteiger partial charge in [0, 0.05) is 17.3 Å². The van der Waals surface area contributed by atoms with Crippen molar-refractivity contribution in [3.63, 3.8) is 0 Å². The van der Waals surface area contributed by atoms with E-state index in [-0.39, 0.29) is 11.8 Å². The molecule has 1 amide bonds.